The van der Waals surface area contributed by atoms with Crippen LogP contribution in [-0.4, -0.2) is 35.1 Å². The van der Waals surface area contributed by atoms with Crippen molar-refractivity contribution in [1.82, 2.24) is 0 Å². The highest BCUT2D eigenvalue weighted by Gasteiger charge is 2.63. The van der Waals surface area contributed by atoms with Gasteiger partial charge in [-0.1, -0.05) is 64.5 Å². The average molecular weight is 455 g/mol. The highest BCUT2D eigenvalue weighted by molar-refractivity contribution is 5.38. The Morgan fingerprint density at radius 2 is 1.70 bits per heavy atom. The van der Waals surface area contributed by atoms with Gasteiger partial charge in [0.15, 0.2) is 5.60 Å². The molecule has 0 radical (unpaired) electrons. The molecular weight excluding hydrogens is 408 g/mol. The molecule has 0 bridgehead atoms. The number of aliphatic hydroxyl groups excluding tert-OH is 1. The Labute approximate surface area is 201 Å². The molecule has 3 heteroatoms. The lowest BCUT2D eigenvalue weighted by molar-refractivity contribution is -0.141. The molecule has 3 nitrogen and oxygen atoms in total. The molecule has 0 unspecified atom stereocenters. The molecule has 0 spiro atoms. The van der Waals surface area contributed by atoms with Gasteiger partial charge in [0, 0.05) is 6.42 Å². The lowest BCUT2D eigenvalue weighted by Gasteiger charge is -2.62. The highest BCUT2D eigenvalue weighted by atomic mass is 16.5. The van der Waals surface area contributed by atoms with Gasteiger partial charge < -0.3 is 14.9 Å². The summed E-state index contributed by atoms with van der Waals surface area (Å²) in [4.78, 5) is 0. The minimum atomic E-state index is -0.895. The molecule has 1 saturated heterocycles. The molecule has 0 amide bonds. The number of fused-ring (bicyclic) bond motifs is 4. The molecule has 1 heterocycles. The molecule has 3 fully saturated rings. The van der Waals surface area contributed by atoms with Crippen LogP contribution in [0.1, 0.15) is 99.3 Å². The molecule has 5 rings (SSSR count). The van der Waals surface area contributed by atoms with Gasteiger partial charge in [-0.2, -0.15) is 0 Å². The van der Waals surface area contributed by atoms with Crippen LogP contribution in [0.2, 0.25) is 0 Å². The van der Waals surface area contributed by atoms with Crippen LogP contribution in [0.4, 0.5) is 0 Å². The topological polar surface area (TPSA) is 49.7 Å². The Morgan fingerprint density at radius 1 is 0.970 bits per heavy atom. The fraction of sp³-hybridized carbons (Fsp3) is 0.867. The Kier molecular flexibility index (Phi) is 5.50. The average Bonchev–Trinajstić information content (AvgIpc) is 3.01. The van der Waals surface area contributed by atoms with Crippen molar-refractivity contribution in [3.8, 4) is 11.8 Å². The van der Waals surface area contributed by atoms with E-state index in [1.807, 2.05) is 5.57 Å². The second-order valence-electron chi connectivity index (χ2n) is 13.7. The quantitative estimate of drug-likeness (QED) is 0.404. The molecule has 2 saturated carbocycles. The van der Waals surface area contributed by atoms with Crippen LogP contribution >= 0.6 is 0 Å². The molecule has 5 aliphatic rings. The largest absolute Gasteiger partial charge is 0.393 e. The van der Waals surface area contributed by atoms with Crippen molar-refractivity contribution in [2.24, 2.45) is 39.4 Å². The van der Waals surface area contributed by atoms with E-state index >= 15 is 0 Å². The summed E-state index contributed by atoms with van der Waals surface area (Å²) < 4.78 is 5.14. The fourth-order valence-corrected chi connectivity index (χ4v) is 9.52. The minimum Gasteiger partial charge on any atom is -0.393 e. The third-order valence-corrected chi connectivity index (χ3v) is 11.9. The zero-order valence-electron chi connectivity index (χ0n) is 21.9. The Morgan fingerprint density at radius 3 is 2.36 bits per heavy atom. The minimum absolute atomic E-state index is 0.00806. The maximum Gasteiger partial charge on any atom is 0.171 e. The van der Waals surface area contributed by atoms with Crippen molar-refractivity contribution in [3.63, 3.8) is 0 Å². The van der Waals surface area contributed by atoms with E-state index in [0.717, 1.165) is 19.3 Å². The van der Waals surface area contributed by atoms with Gasteiger partial charge in [0.2, 0.25) is 0 Å². The number of aliphatic hydroxyl groups is 2. The molecule has 184 valence electrons. The van der Waals surface area contributed by atoms with Crippen LogP contribution < -0.4 is 0 Å². The first-order valence-electron chi connectivity index (χ1n) is 13.6. The Bertz CT molecular complexity index is 901. The lowest BCUT2D eigenvalue weighted by atomic mass is 9.43. The molecule has 1 aliphatic heterocycles. The summed E-state index contributed by atoms with van der Waals surface area (Å²) in [6, 6.07) is 0. The van der Waals surface area contributed by atoms with E-state index in [9.17, 15) is 10.2 Å². The van der Waals surface area contributed by atoms with Gasteiger partial charge in [0.1, 0.15) is 0 Å². The van der Waals surface area contributed by atoms with Gasteiger partial charge in [0.25, 0.3) is 0 Å². The highest BCUT2D eigenvalue weighted by Crippen LogP contribution is 2.72. The maximum absolute atomic E-state index is 10.8. The van der Waals surface area contributed by atoms with E-state index in [4.69, 9.17) is 4.74 Å². The summed E-state index contributed by atoms with van der Waals surface area (Å²) in [7, 11) is 0. The maximum atomic E-state index is 10.8. The normalized spacial score (nSPS) is 46.2. The van der Waals surface area contributed by atoms with E-state index < -0.39 is 5.60 Å². The zero-order valence-corrected chi connectivity index (χ0v) is 21.9. The molecule has 0 aromatic carbocycles. The predicted molar refractivity (Wildman–Crippen MR) is 132 cm³/mol. The third-order valence-electron chi connectivity index (χ3n) is 11.9. The first kappa shape index (κ1) is 23.9. The van der Waals surface area contributed by atoms with Gasteiger partial charge >= 0.3 is 0 Å². The standard InChI is InChI=1S/C30H46O3/c1-20(8-7-14-30(32)18-33-19-30)21-11-16-29(6)23-9-10-24-26(2,3)25(31)13-15-27(24,4)22(23)12-17-28(21,29)5/h20-21,24-25,31-32H,8-13,15-19H2,1-6H3/t20-,21-,24+,25+,27-,28-,29+/m1/s1. The first-order chi connectivity index (χ1) is 15.4. The zero-order chi connectivity index (χ0) is 23.9. The van der Waals surface area contributed by atoms with Crippen molar-refractivity contribution in [2.45, 2.75) is 111 Å². The van der Waals surface area contributed by atoms with Crippen molar-refractivity contribution < 1.29 is 14.9 Å². The summed E-state index contributed by atoms with van der Waals surface area (Å²) in [5, 5.41) is 21.1. The molecule has 0 aromatic rings. The van der Waals surface area contributed by atoms with Crippen LogP contribution in [0.25, 0.3) is 0 Å². The lowest BCUT2D eigenvalue weighted by Crippen LogP contribution is -2.55. The van der Waals surface area contributed by atoms with Crippen molar-refractivity contribution >= 4 is 0 Å². The van der Waals surface area contributed by atoms with Crippen LogP contribution in [0.5, 0.6) is 0 Å². The monoisotopic (exact) mass is 454 g/mol. The molecule has 0 aromatic heterocycles. The number of ether oxygens (including phenoxy) is 1. The van der Waals surface area contributed by atoms with Crippen LogP contribution in [0.15, 0.2) is 11.1 Å². The number of allylic oxidation sites excluding steroid dienone is 2. The van der Waals surface area contributed by atoms with Gasteiger partial charge in [-0.15, -0.1) is 0 Å². The third kappa shape index (κ3) is 3.26. The number of rotatable bonds is 2. The number of hydrogen-bond acceptors (Lipinski definition) is 3. The molecular formula is C30H46O3. The SMILES string of the molecule is C[C@H](CC#CC1(O)COC1)[C@H]1CC[C@@]2(C)C3=C(CC[C@]12C)[C@@]1(C)CC[C@H](O)C(C)(C)[C@@H]1CC3. The molecule has 4 aliphatic carbocycles. The van der Waals surface area contributed by atoms with Gasteiger partial charge in [-0.25, -0.2) is 0 Å². The van der Waals surface area contributed by atoms with E-state index in [-0.39, 0.29) is 16.9 Å². The summed E-state index contributed by atoms with van der Waals surface area (Å²) >= 11 is 0. The predicted octanol–water partition coefficient (Wildman–Crippen LogP) is 5.89. The van der Waals surface area contributed by atoms with Gasteiger partial charge in [0.05, 0.1) is 19.3 Å². The second kappa shape index (κ2) is 7.59. The second-order valence-corrected chi connectivity index (χ2v) is 13.7. The Balaban J connectivity index is 1.42. The summed E-state index contributed by atoms with van der Waals surface area (Å²) in [5.74, 6) is 8.24. The first-order valence-corrected chi connectivity index (χ1v) is 13.6. The van der Waals surface area contributed by atoms with Crippen LogP contribution in [-0.2, 0) is 4.74 Å². The summed E-state index contributed by atoms with van der Waals surface area (Å²) in [6.45, 7) is 15.5. The van der Waals surface area contributed by atoms with Crippen molar-refractivity contribution in [2.75, 3.05) is 13.2 Å². The molecule has 7 atom stereocenters. The summed E-state index contributed by atoms with van der Waals surface area (Å²) in [5.41, 5.74) is 3.60. The fourth-order valence-electron chi connectivity index (χ4n) is 9.52. The molecule has 33 heavy (non-hydrogen) atoms. The van der Waals surface area contributed by atoms with E-state index in [1.54, 1.807) is 5.57 Å². The molecule has 2 N–H and O–H groups in total. The van der Waals surface area contributed by atoms with Crippen LogP contribution in [0.3, 0.4) is 0 Å². The van der Waals surface area contributed by atoms with E-state index in [0.29, 0.717) is 41.8 Å². The van der Waals surface area contributed by atoms with Gasteiger partial charge in [-0.05, 0) is 90.8 Å². The van der Waals surface area contributed by atoms with E-state index in [1.165, 1.54) is 38.5 Å². The number of hydrogen-bond donors (Lipinski definition) is 2. The van der Waals surface area contributed by atoms with E-state index in [2.05, 4.69) is 53.4 Å². The van der Waals surface area contributed by atoms with Crippen molar-refractivity contribution in [3.05, 3.63) is 11.1 Å². The summed E-state index contributed by atoms with van der Waals surface area (Å²) in [6.07, 6.45) is 10.4. The van der Waals surface area contributed by atoms with Crippen molar-refractivity contribution in [1.29, 1.82) is 0 Å². The Hall–Kier alpha value is -0.820. The smallest absolute Gasteiger partial charge is 0.171 e. The van der Waals surface area contributed by atoms with Crippen LogP contribution in [0, 0.1) is 51.3 Å². The van der Waals surface area contributed by atoms with Gasteiger partial charge in [-0.3, -0.25) is 0 Å².